The van der Waals surface area contributed by atoms with E-state index < -0.39 is 0 Å². The summed E-state index contributed by atoms with van der Waals surface area (Å²) in [6, 6.07) is 15.4. The third-order valence-electron chi connectivity index (χ3n) is 6.14. The van der Waals surface area contributed by atoms with Crippen molar-refractivity contribution in [3.63, 3.8) is 0 Å². The molecule has 4 rings (SSSR count). The number of pyridine rings is 1. The Morgan fingerprint density at radius 3 is 2.14 bits per heavy atom. The Labute approximate surface area is 173 Å². The van der Waals surface area contributed by atoms with Crippen LogP contribution < -0.4 is 0 Å². The monoisotopic (exact) mass is 383 g/mol. The molecular formula is C26H29N3. The molecule has 0 amide bonds. The van der Waals surface area contributed by atoms with Gasteiger partial charge in [-0.1, -0.05) is 46.8 Å². The van der Waals surface area contributed by atoms with Gasteiger partial charge in [0.05, 0.1) is 16.6 Å². The molecule has 0 bridgehead atoms. The quantitative estimate of drug-likeness (QED) is 0.410. The first-order valence-corrected chi connectivity index (χ1v) is 10.4. The van der Waals surface area contributed by atoms with Gasteiger partial charge in [-0.3, -0.25) is 15.0 Å². The summed E-state index contributed by atoms with van der Waals surface area (Å²) >= 11 is 0. The van der Waals surface area contributed by atoms with Gasteiger partial charge >= 0.3 is 0 Å². The van der Waals surface area contributed by atoms with Gasteiger partial charge in [-0.05, 0) is 70.7 Å². The van der Waals surface area contributed by atoms with Crippen molar-refractivity contribution < 1.29 is 0 Å². The van der Waals surface area contributed by atoms with Gasteiger partial charge in [-0.2, -0.15) is 0 Å². The highest BCUT2D eigenvalue weighted by molar-refractivity contribution is 5.80. The van der Waals surface area contributed by atoms with Crippen molar-refractivity contribution in [1.82, 2.24) is 15.0 Å². The standard InChI is InChI=1S/C26H29N3/c1-6-26(5,21-8-10-23-24(15-21)28-12-11-27-23)16-18-13-19-14-20(25(2,3)4)7-9-22(19)29-17-18/h7-15,17H,6,16H2,1-5H3. The molecule has 0 radical (unpaired) electrons. The van der Waals surface area contributed by atoms with Crippen molar-refractivity contribution in [2.45, 2.75) is 58.3 Å². The Morgan fingerprint density at radius 2 is 1.41 bits per heavy atom. The predicted molar refractivity (Wildman–Crippen MR) is 121 cm³/mol. The van der Waals surface area contributed by atoms with E-state index in [1.165, 1.54) is 22.1 Å². The highest BCUT2D eigenvalue weighted by Gasteiger charge is 2.26. The average Bonchev–Trinajstić information content (AvgIpc) is 2.72. The van der Waals surface area contributed by atoms with Gasteiger partial charge in [-0.15, -0.1) is 0 Å². The van der Waals surface area contributed by atoms with E-state index in [4.69, 9.17) is 4.98 Å². The number of rotatable bonds is 4. The summed E-state index contributed by atoms with van der Waals surface area (Å²) in [6.45, 7) is 11.3. The number of nitrogens with zero attached hydrogens (tertiary/aromatic N) is 3. The summed E-state index contributed by atoms with van der Waals surface area (Å²) in [5.74, 6) is 0. The van der Waals surface area contributed by atoms with Crippen molar-refractivity contribution in [1.29, 1.82) is 0 Å². The second-order valence-electron chi connectivity index (χ2n) is 9.35. The molecule has 2 aromatic heterocycles. The second kappa shape index (κ2) is 7.22. The molecule has 1 atom stereocenters. The minimum atomic E-state index is 0.0166. The largest absolute Gasteiger partial charge is 0.256 e. The molecule has 29 heavy (non-hydrogen) atoms. The molecule has 3 nitrogen and oxygen atoms in total. The summed E-state index contributed by atoms with van der Waals surface area (Å²) in [6.07, 6.45) is 7.52. The Bertz CT molecular complexity index is 1170. The molecule has 2 aromatic carbocycles. The molecule has 0 aliphatic heterocycles. The zero-order chi connectivity index (χ0) is 20.6. The van der Waals surface area contributed by atoms with Crippen LogP contribution in [0.5, 0.6) is 0 Å². The lowest BCUT2D eigenvalue weighted by atomic mass is 9.75. The maximum atomic E-state index is 4.74. The van der Waals surface area contributed by atoms with Crippen molar-refractivity contribution in [2.24, 2.45) is 0 Å². The van der Waals surface area contributed by atoms with Gasteiger partial charge in [0.1, 0.15) is 0 Å². The molecule has 0 aliphatic carbocycles. The van der Waals surface area contributed by atoms with E-state index in [1.807, 2.05) is 6.20 Å². The van der Waals surface area contributed by atoms with Gasteiger partial charge < -0.3 is 0 Å². The predicted octanol–water partition coefficient (Wildman–Crippen LogP) is 6.39. The van der Waals surface area contributed by atoms with Crippen LogP contribution in [0.1, 0.15) is 57.7 Å². The Kier molecular flexibility index (Phi) is 4.85. The molecule has 3 heteroatoms. The zero-order valence-corrected chi connectivity index (χ0v) is 18.0. The van der Waals surface area contributed by atoms with Gasteiger partial charge in [0, 0.05) is 24.0 Å². The molecule has 148 valence electrons. The van der Waals surface area contributed by atoms with Gasteiger partial charge in [0.25, 0.3) is 0 Å². The smallest absolute Gasteiger partial charge is 0.0889 e. The lowest BCUT2D eigenvalue weighted by Gasteiger charge is -2.29. The number of aromatic nitrogens is 3. The van der Waals surface area contributed by atoms with Crippen molar-refractivity contribution in [2.75, 3.05) is 0 Å². The molecule has 1 unspecified atom stereocenters. The minimum absolute atomic E-state index is 0.0166. The normalized spacial score (nSPS) is 14.2. The molecule has 0 spiro atoms. The molecule has 0 fully saturated rings. The Morgan fingerprint density at radius 1 is 0.724 bits per heavy atom. The Balaban J connectivity index is 1.71. The summed E-state index contributed by atoms with van der Waals surface area (Å²) in [7, 11) is 0. The van der Waals surface area contributed by atoms with Crippen LogP contribution in [0.3, 0.4) is 0 Å². The highest BCUT2D eigenvalue weighted by atomic mass is 14.8. The second-order valence-corrected chi connectivity index (χ2v) is 9.35. The Hall–Kier alpha value is -2.81. The zero-order valence-electron chi connectivity index (χ0n) is 18.0. The summed E-state index contributed by atoms with van der Waals surface area (Å²) in [5.41, 5.74) is 7.02. The molecular weight excluding hydrogens is 354 g/mol. The first-order valence-electron chi connectivity index (χ1n) is 10.4. The fourth-order valence-corrected chi connectivity index (χ4v) is 3.96. The van der Waals surface area contributed by atoms with Crippen molar-refractivity contribution >= 4 is 21.9 Å². The van der Waals surface area contributed by atoms with Crippen LogP contribution in [0.15, 0.2) is 61.1 Å². The summed E-state index contributed by atoms with van der Waals surface area (Å²) < 4.78 is 0. The third-order valence-corrected chi connectivity index (χ3v) is 6.14. The van der Waals surface area contributed by atoms with E-state index in [2.05, 4.69) is 87.1 Å². The molecule has 2 heterocycles. The fraction of sp³-hybridized carbons (Fsp3) is 0.346. The van der Waals surface area contributed by atoms with Gasteiger partial charge in [0.2, 0.25) is 0 Å². The number of hydrogen-bond acceptors (Lipinski definition) is 3. The lowest BCUT2D eigenvalue weighted by Crippen LogP contribution is -2.24. The lowest BCUT2D eigenvalue weighted by molar-refractivity contribution is 0.452. The highest BCUT2D eigenvalue weighted by Crippen LogP contribution is 2.34. The van der Waals surface area contributed by atoms with Gasteiger partial charge in [-0.25, -0.2) is 0 Å². The van der Waals surface area contributed by atoms with E-state index in [-0.39, 0.29) is 10.8 Å². The topological polar surface area (TPSA) is 38.7 Å². The first-order chi connectivity index (χ1) is 13.8. The van der Waals surface area contributed by atoms with E-state index >= 15 is 0 Å². The maximum absolute atomic E-state index is 4.74. The van der Waals surface area contributed by atoms with Crippen LogP contribution in [0.2, 0.25) is 0 Å². The van der Waals surface area contributed by atoms with Crippen LogP contribution in [0.4, 0.5) is 0 Å². The van der Waals surface area contributed by atoms with E-state index in [1.54, 1.807) is 12.4 Å². The fourth-order valence-electron chi connectivity index (χ4n) is 3.96. The summed E-state index contributed by atoms with van der Waals surface area (Å²) in [4.78, 5) is 13.6. The number of benzene rings is 2. The maximum Gasteiger partial charge on any atom is 0.0889 e. The van der Waals surface area contributed by atoms with Crippen LogP contribution in [-0.2, 0) is 17.3 Å². The van der Waals surface area contributed by atoms with Crippen LogP contribution >= 0.6 is 0 Å². The molecule has 4 aromatic rings. The molecule has 0 saturated carbocycles. The third kappa shape index (κ3) is 3.87. The number of hydrogen-bond donors (Lipinski definition) is 0. The van der Waals surface area contributed by atoms with Gasteiger partial charge in [0.15, 0.2) is 0 Å². The van der Waals surface area contributed by atoms with Crippen LogP contribution in [0.25, 0.3) is 21.9 Å². The van der Waals surface area contributed by atoms with E-state index in [0.29, 0.717) is 0 Å². The summed E-state index contributed by atoms with van der Waals surface area (Å²) in [5, 5.41) is 1.22. The van der Waals surface area contributed by atoms with E-state index in [9.17, 15) is 0 Å². The number of fused-ring (bicyclic) bond motifs is 2. The average molecular weight is 384 g/mol. The van der Waals surface area contributed by atoms with E-state index in [0.717, 1.165) is 29.4 Å². The molecule has 0 saturated heterocycles. The van der Waals surface area contributed by atoms with Crippen molar-refractivity contribution in [3.05, 3.63) is 77.7 Å². The van der Waals surface area contributed by atoms with Crippen molar-refractivity contribution in [3.8, 4) is 0 Å². The van der Waals surface area contributed by atoms with Crippen LogP contribution in [-0.4, -0.2) is 15.0 Å². The SMILES string of the molecule is CCC(C)(Cc1cnc2ccc(C(C)(C)C)cc2c1)c1ccc2nccnc2c1. The van der Waals surface area contributed by atoms with Crippen LogP contribution in [0, 0.1) is 0 Å². The minimum Gasteiger partial charge on any atom is -0.256 e. The first kappa shape index (κ1) is 19.5. The molecule has 0 aliphatic rings. The molecule has 0 N–H and O–H groups in total.